The lowest BCUT2D eigenvalue weighted by Gasteiger charge is -2.18. The topological polar surface area (TPSA) is 105 Å². The van der Waals surface area contributed by atoms with E-state index in [2.05, 4.69) is 26.3 Å². The summed E-state index contributed by atoms with van der Waals surface area (Å²) in [6.45, 7) is 19.7. The third-order valence-corrected chi connectivity index (χ3v) is 5.75. The Kier molecular flexibility index (Phi) is 10.1. The molecule has 3 aromatic carbocycles. The second kappa shape index (κ2) is 13.6. The molecule has 3 aromatic rings. The summed E-state index contributed by atoms with van der Waals surface area (Å²) in [5.41, 5.74) is -0.237. The lowest BCUT2D eigenvalue weighted by Crippen LogP contribution is -2.12. The normalized spacial score (nSPS) is 10.3. The molecule has 0 atom stereocenters. The largest absolute Gasteiger partial charge is 0.423 e. The minimum atomic E-state index is -1.18. The molecule has 0 radical (unpaired) electrons. The van der Waals surface area contributed by atoms with E-state index in [9.17, 15) is 19.2 Å². The highest BCUT2D eigenvalue weighted by Gasteiger charge is 2.25. The van der Waals surface area contributed by atoms with Crippen LogP contribution in [0.25, 0.3) is 22.3 Å². The zero-order chi connectivity index (χ0) is 32.9. The van der Waals surface area contributed by atoms with Crippen LogP contribution in [0.5, 0.6) is 23.0 Å². The number of carbonyl (C=O) groups excluding carboxylic acids is 4. The molecule has 0 N–H and O–H groups in total. The molecule has 0 aliphatic rings. The van der Waals surface area contributed by atoms with Gasteiger partial charge in [-0.2, -0.15) is 0 Å². The molecular formula is C34H28F2O8. The van der Waals surface area contributed by atoms with Gasteiger partial charge in [-0.1, -0.05) is 38.4 Å². The van der Waals surface area contributed by atoms with E-state index in [1.807, 2.05) is 0 Å². The maximum atomic E-state index is 15.5. The fraction of sp³-hybridized carbons (Fsp3) is 0.118. The Hall–Kier alpha value is -5.64. The van der Waals surface area contributed by atoms with Crippen LogP contribution in [0.15, 0.2) is 97.1 Å². The first-order chi connectivity index (χ1) is 20.6. The molecule has 0 amide bonds. The van der Waals surface area contributed by atoms with Gasteiger partial charge in [-0.25, -0.2) is 28.0 Å². The number of benzene rings is 3. The molecule has 0 heterocycles. The fourth-order valence-electron chi connectivity index (χ4n) is 3.48. The first-order valence-corrected chi connectivity index (χ1v) is 12.9. The third-order valence-electron chi connectivity index (χ3n) is 5.75. The molecule has 3 rings (SSSR count). The highest BCUT2D eigenvalue weighted by atomic mass is 19.1. The Morgan fingerprint density at radius 1 is 0.523 bits per heavy atom. The molecule has 10 heteroatoms. The lowest BCUT2D eigenvalue weighted by molar-refractivity contribution is -0.131. The standard InChI is InChI=1S/C34H28F2O8/c1-17(2)31(37)41-22-11-9-21(10-12-22)24-15-29(44-34(40)20(7)8)25(16-28(24)43-33(39)19(5)6)30-26(35)13-23(14-27(30)36)42-32(38)18(3)4/h9-16H,1,3,5,7H2,2,4,6,8H3. The minimum Gasteiger partial charge on any atom is -0.423 e. The molecule has 8 nitrogen and oxygen atoms in total. The van der Waals surface area contributed by atoms with Crippen molar-refractivity contribution >= 4 is 23.9 Å². The molecule has 0 saturated carbocycles. The van der Waals surface area contributed by atoms with Crippen molar-refractivity contribution in [1.29, 1.82) is 0 Å². The van der Waals surface area contributed by atoms with Gasteiger partial charge in [-0.15, -0.1) is 0 Å². The van der Waals surface area contributed by atoms with Crippen molar-refractivity contribution in [3.05, 3.63) is 109 Å². The molecule has 0 saturated heterocycles. The summed E-state index contributed by atoms with van der Waals surface area (Å²) < 4.78 is 52.1. The summed E-state index contributed by atoms with van der Waals surface area (Å²) in [4.78, 5) is 49.0. The van der Waals surface area contributed by atoms with Gasteiger partial charge in [0.15, 0.2) is 0 Å². The maximum Gasteiger partial charge on any atom is 0.338 e. The number of hydrogen-bond acceptors (Lipinski definition) is 8. The van der Waals surface area contributed by atoms with E-state index in [0.29, 0.717) is 5.56 Å². The summed E-state index contributed by atoms with van der Waals surface area (Å²) in [6, 6.07) is 9.85. The summed E-state index contributed by atoms with van der Waals surface area (Å²) >= 11 is 0. The quantitative estimate of drug-likeness (QED) is 0.136. The van der Waals surface area contributed by atoms with Gasteiger partial charge in [0.25, 0.3) is 0 Å². The molecule has 0 bridgehead atoms. The average Bonchev–Trinajstić information content (AvgIpc) is 2.93. The Morgan fingerprint density at radius 2 is 0.886 bits per heavy atom. The van der Waals surface area contributed by atoms with Crippen molar-refractivity contribution in [3.63, 3.8) is 0 Å². The lowest BCUT2D eigenvalue weighted by atomic mass is 9.96. The number of esters is 4. The van der Waals surface area contributed by atoms with Crippen LogP contribution in [0.4, 0.5) is 8.78 Å². The van der Waals surface area contributed by atoms with Gasteiger partial charge in [0.1, 0.15) is 34.6 Å². The number of rotatable bonds is 10. The second-order valence-electron chi connectivity index (χ2n) is 9.81. The first-order valence-electron chi connectivity index (χ1n) is 12.9. The molecule has 0 spiro atoms. The molecule has 44 heavy (non-hydrogen) atoms. The molecule has 0 aliphatic carbocycles. The molecule has 0 aliphatic heterocycles. The van der Waals surface area contributed by atoms with Gasteiger partial charge >= 0.3 is 23.9 Å². The maximum absolute atomic E-state index is 15.5. The van der Waals surface area contributed by atoms with Crippen LogP contribution < -0.4 is 18.9 Å². The van der Waals surface area contributed by atoms with Crippen molar-refractivity contribution in [2.75, 3.05) is 0 Å². The van der Waals surface area contributed by atoms with E-state index in [0.717, 1.165) is 18.2 Å². The highest BCUT2D eigenvalue weighted by molar-refractivity contribution is 5.94. The number of halogens is 2. The Labute approximate surface area is 252 Å². The van der Waals surface area contributed by atoms with Crippen molar-refractivity contribution < 1.29 is 46.9 Å². The van der Waals surface area contributed by atoms with Gasteiger partial charge < -0.3 is 18.9 Å². The monoisotopic (exact) mass is 602 g/mol. The highest BCUT2D eigenvalue weighted by Crippen LogP contribution is 2.44. The molecule has 0 aromatic heterocycles. The van der Waals surface area contributed by atoms with E-state index >= 15 is 8.78 Å². The van der Waals surface area contributed by atoms with Crippen LogP contribution >= 0.6 is 0 Å². The van der Waals surface area contributed by atoms with Crippen molar-refractivity contribution in [2.45, 2.75) is 27.7 Å². The molecule has 0 fully saturated rings. The molecule has 226 valence electrons. The van der Waals surface area contributed by atoms with E-state index < -0.39 is 46.8 Å². The molecule has 0 unspecified atom stereocenters. The summed E-state index contributed by atoms with van der Waals surface area (Å²) in [5.74, 6) is -6.40. The van der Waals surface area contributed by atoms with Crippen LogP contribution in [0.3, 0.4) is 0 Å². The molecular weight excluding hydrogens is 574 g/mol. The van der Waals surface area contributed by atoms with Gasteiger partial charge in [-0.05, 0) is 57.5 Å². The third kappa shape index (κ3) is 7.80. The van der Waals surface area contributed by atoms with Crippen LogP contribution in [0.2, 0.25) is 0 Å². The Balaban J connectivity index is 2.27. The second-order valence-corrected chi connectivity index (χ2v) is 9.81. The number of hydrogen-bond donors (Lipinski definition) is 0. The zero-order valence-electron chi connectivity index (χ0n) is 24.5. The van der Waals surface area contributed by atoms with E-state index in [1.165, 1.54) is 58.0 Å². The van der Waals surface area contributed by atoms with Gasteiger partial charge in [-0.3, -0.25) is 0 Å². The summed E-state index contributed by atoms with van der Waals surface area (Å²) in [6.07, 6.45) is 0. The SMILES string of the molecule is C=C(C)C(=O)Oc1ccc(-c2cc(OC(=O)C(=C)C)c(-c3c(F)cc(OC(=O)C(=C)C)cc3F)cc2OC(=O)C(=C)C)cc1. The van der Waals surface area contributed by atoms with Gasteiger partial charge in [0.2, 0.25) is 0 Å². The predicted octanol–water partition coefficient (Wildman–Crippen LogP) is 7.22. The van der Waals surface area contributed by atoms with Crippen LogP contribution in [0.1, 0.15) is 27.7 Å². The van der Waals surface area contributed by atoms with Crippen LogP contribution in [-0.4, -0.2) is 23.9 Å². The smallest absolute Gasteiger partial charge is 0.338 e. The first kappa shape index (κ1) is 32.9. The summed E-state index contributed by atoms with van der Waals surface area (Å²) in [7, 11) is 0. The van der Waals surface area contributed by atoms with Gasteiger partial charge in [0, 0.05) is 45.6 Å². The van der Waals surface area contributed by atoms with E-state index in [1.54, 1.807) is 0 Å². The van der Waals surface area contributed by atoms with Gasteiger partial charge in [0.05, 0.1) is 5.56 Å². The van der Waals surface area contributed by atoms with E-state index in [4.69, 9.17) is 18.9 Å². The fourth-order valence-corrected chi connectivity index (χ4v) is 3.48. The van der Waals surface area contributed by atoms with Crippen molar-refractivity contribution in [1.82, 2.24) is 0 Å². The van der Waals surface area contributed by atoms with Crippen molar-refractivity contribution in [3.8, 4) is 45.3 Å². The van der Waals surface area contributed by atoms with E-state index in [-0.39, 0.29) is 50.7 Å². The van der Waals surface area contributed by atoms with Crippen LogP contribution in [-0.2, 0) is 19.2 Å². The Bertz CT molecular complexity index is 1730. The number of ether oxygens (including phenoxy) is 4. The minimum absolute atomic E-state index is 0.00505. The average molecular weight is 603 g/mol. The number of carbonyl (C=O) groups is 4. The van der Waals surface area contributed by atoms with Crippen molar-refractivity contribution in [2.24, 2.45) is 0 Å². The zero-order valence-corrected chi connectivity index (χ0v) is 24.5. The van der Waals surface area contributed by atoms with Crippen LogP contribution in [0, 0.1) is 11.6 Å². The summed E-state index contributed by atoms with van der Waals surface area (Å²) in [5, 5.41) is 0. The predicted molar refractivity (Wildman–Crippen MR) is 159 cm³/mol. The Morgan fingerprint density at radius 3 is 1.32 bits per heavy atom.